The second-order valence-corrected chi connectivity index (χ2v) is 3.24. The summed E-state index contributed by atoms with van der Waals surface area (Å²) in [7, 11) is 1.73. The normalized spacial score (nSPS) is 27.0. The Balaban J connectivity index is 2.46. The minimum absolute atomic E-state index is 0.0231. The van der Waals surface area contributed by atoms with Crippen molar-refractivity contribution in [1.29, 1.82) is 0 Å². The minimum Gasteiger partial charge on any atom is -0.444 e. The smallest absolute Gasteiger partial charge is 0.409 e. The van der Waals surface area contributed by atoms with Gasteiger partial charge in [-0.3, -0.25) is 0 Å². The molecule has 2 unspecified atom stereocenters. The number of carbonyl (C=O) groups is 1. The van der Waals surface area contributed by atoms with Crippen molar-refractivity contribution in [3.8, 4) is 0 Å². The van der Waals surface area contributed by atoms with E-state index < -0.39 is 0 Å². The van der Waals surface area contributed by atoms with Gasteiger partial charge in [-0.1, -0.05) is 6.92 Å². The summed E-state index contributed by atoms with van der Waals surface area (Å²) in [6.45, 7) is 2.64. The molecule has 4 heteroatoms. The van der Waals surface area contributed by atoms with Crippen LogP contribution in [-0.2, 0) is 4.74 Å². The molecule has 0 saturated carbocycles. The van der Waals surface area contributed by atoms with Gasteiger partial charge in [0.25, 0.3) is 0 Å². The molecular formula is C7H12ClNO2. The Kier molecular flexibility index (Phi) is 2.60. The number of hydrogen-bond acceptors (Lipinski definition) is 2. The third kappa shape index (κ3) is 1.77. The number of amides is 1. The molecule has 1 fully saturated rings. The van der Waals surface area contributed by atoms with Gasteiger partial charge in [-0.25, -0.2) is 4.79 Å². The topological polar surface area (TPSA) is 29.5 Å². The third-order valence-electron chi connectivity index (χ3n) is 1.90. The van der Waals surface area contributed by atoms with Gasteiger partial charge in [0.15, 0.2) is 0 Å². The predicted octanol–water partition coefficient (Wildman–Crippen LogP) is 1.31. The van der Waals surface area contributed by atoms with Crippen LogP contribution in [-0.4, -0.2) is 36.6 Å². The number of halogens is 1. The first-order valence-electron chi connectivity index (χ1n) is 3.63. The maximum Gasteiger partial charge on any atom is 0.409 e. The van der Waals surface area contributed by atoms with Crippen molar-refractivity contribution in [2.24, 2.45) is 5.92 Å². The van der Waals surface area contributed by atoms with E-state index in [1.807, 2.05) is 6.92 Å². The van der Waals surface area contributed by atoms with Gasteiger partial charge in [0, 0.05) is 18.8 Å². The van der Waals surface area contributed by atoms with Gasteiger partial charge in [0.05, 0.1) is 6.54 Å². The fraction of sp³-hybridized carbons (Fsp3) is 0.857. The van der Waals surface area contributed by atoms with Crippen LogP contribution in [0.3, 0.4) is 0 Å². The van der Waals surface area contributed by atoms with Crippen molar-refractivity contribution in [3.05, 3.63) is 0 Å². The van der Waals surface area contributed by atoms with Crippen LogP contribution >= 0.6 is 11.6 Å². The molecule has 0 radical (unpaired) electrons. The van der Waals surface area contributed by atoms with Crippen molar-refractivity contribution in [2.75, 3.05) is 19.5 Å². The molecule has 1 saturated heterocycles. The van der Waals surface area contributed by atoms with Crippen LogP contribution in [0.25, 0.3) is 0 Å². The highest BCUT2D eigenvalue weighted by molar-refractivity contribution is 6.18. The number of hydrogen-bond donors (Lipinski definition) is 0. The zero-order valence-corrected chi connectivity index (χ0v) is 7.47. The standard InChI is InChI=1S/C7H12ClNO2/c1-5(3-8)6-4-9(2)7(10)11-6/h5-6H,3-4H2,1-2H3. The highest BCUT2D eigenvalue weighted by Gasteiger charge is 2.31. The summed E-state index contributed by atoms with van der Waals surface area (Å²) < 4.78 is 5.03. The van der Waals surface area contributed by atoms with Gasteiger partial charge < -0.3 is 9.64 Å². The lowest BCUT2D eigenvalue weighted by atomic mass is 10.1. The molecule has 11 heavy (non-hydrogen) atoms. The van der Waals surface area contributed by atoms with Crippen LogP contribution in [0.1, 0.15) is 6.92 Å². The van der Waals surface area contributed by atoms with Crippen LogP contribution in [0.2, 0.25) is 0 Å². The van der Waals surface area contributed by atoms with E-state index in [1.165, 1.54) is 0 Å². The molecule has 1 rings (SSSR count). The molecule has 0 aromatic carbocycles. The van der Waals surface area contributed by atoms with Crippen molar-refractivity contribution in [1.82, 2.24) is 4.90 Å². The molecule has 0 spiro atoms. The highest BCUT2D eigenvalue weighted by atomic mass is 35.5. The van der Waals surface area contributed by atoms with Crippen LogP contribution < -0.4 is 0 Å². The second-order valence-electron chi connectivity index (χ2n) is 2.93. The predicted molar refractivity (Wildman–Crippen MR) is 42.8 cm³/mol. The molecule has 2 atom stereocenters. The molecular weight excluding hydrogens is 166 g/mol. The van der Waals surface area contributed by atoms with E-state index in [9.17, 15) is 4.79 Å². The van der Waals surface area contributed by atoms with E-state index in [4.69, 9.17) is 16.3 Å². The largest absolute Gasteiger partial charge is 0.444 e. The lowest BCUT2D eigenvalue weighted by Crippen LogP contribution is -2.24. The Morgan fingerprint density at radius 3 is 2.91 bits per heavy atom. The van der Waals surface area contributed by atoms with Crippen LogP contribution in [0, 0.1) is 5.92 Å². The Morgan fingerprint density at radius 2 is 2.55 bits per heavy atom. The Bertz CT molecular complexity index is 163. The van der Waals surface area contributed by atoms with E-state index in [1.54, 1.807) is 11.9 Å². The zero-order valence-electron chi connectivity index (χ0n) is 6.71. The summed E-state index contributed by atoms with van der Waals surface area (Å²) in [6, 6.07) is 0. The number of carbonyl (C=O) groups excluding carboxylic acids is 1. The van der Waals surface area contributed by atoms with Crippen molar-refractivity contribution >= 4 is 17.7 Å². The Morgan fingerprint density at radius 1 is 1.91 bits per heavy atom. The van der Waals surface area contributed by atoms with Crippen molar-refractivity contribution in [2.45, 2.75) is 13.0 Å². The van der Waals surface area contributed by atoms with Gasteiger partial charge in [-0.15, -0.1) is 11.6 Å². The summed E-state index contributed by atoms with van der Waals surface area (Å²) in [5.74, 6) is 0.775. The molecule has 1 amide bonds. The molecule has 3 nitrogen and oxygen atoms in total. The molecule has 0 bridgehead atoms. The van der Waals surface area contributed by atoms with Gasteiger partial charge in [-0.05, 0) is 0 Å². The summed E-state index contributed by atoms with van der Waals surface area (Å²) >= 11 is 5.62. The van der Waals surface area contributed by atoms with E-state index in [0.29, 0.717) is 12.4 Å². The van der Waals surface area contributed by atoms with Gasteiger partial charge in [-0.2, -0.15) is 0 Å². The first kappa shape index (κ1) is 8.65. The second kappa shape index (κ2) is 3.30. The van der Waals surface area contributed by atoms with Crippen LogP contribution in [0.5, 0.6) is 0 Å². The molecule has 1 heterocycles. The summed E-state index contributed by atoms with van der Waals surface area (Å²) in [5.41, 5.74) is 0. The average molecular weight is 178 g/mol. The number of cyclic esters (lactones) is 1. The lowest BCUT2D eigenvalue weighted by molar-refractivity contribution is 0.113. The van der Waals surface area contributed by atoms with Crippen LogP contribution in [0.15, 0.2) is 0 Å². The molecule has 0 aromatic rings. The summed E-state index contributed by atoms with van der Waals surface area (Å²) in [5, 5.41) is 0. The monoisotopic (exact) mass is 177 g/mol. The quantitative estimate of drug-likeness (QED) is 0.596. The number of ether oxygens (including phenoxy) is 1. The Hall–Kier alpha value is -0.440. The molecule has 1 aliphatic heterocycles. The van der Waals surface area contributed by atoms with Gasteiger partial charge >= 0.3 is 6.09 Å². The van der Waals surface area contributed by atoms with E-state index in [-0.39, 0.29) is 18.1 Å². The number of nitrogens with zero attached hydrogens (tertiary/aromatic N) is 1. The molecule has 0 aliphatic carbocycles. The third-order valence-corrected chi connectivity index (χ3v) is 2.38. The maximum atomic E-state index is 10.9. The first-order chi connectivity index (χ1) is 5.15. The zero-order chi connectivity index (χ0) is 8.43. The van der Waals surface area contributed by atoms with Gasteiger partial charge in [0.2, 0.25) is 0 Å². The number of rotatable bonds is 2. The van der Waals surface area contributed by atoms with E-state index >= 15 is 0 Å². The molecule has 64 valence electrons. The summed E-state index contributed by atoms with van der Waals surface area (Å²) in [4.78, 5) is 12.4. The maximum absolute atomic E-state index is 10.9. The summed E-state index contributed by atoms with van der Waals surface area (Å²) in [6.07, 6.45) is -0.267. The lowest BCUT2D eigenvalue weighted by Gasteiger charge is -2.13. The minimum atomic E-state index is -0.244. The molecule has 0 N–H and O–H groups in total. The number of likely N-dealkylation sites (N-methyl/N-ethyl adjacent to an activating group) is 1. The highest BCUT2D eigenvalue weighted by Crippen LogP contribution is 2.17. The van der Waals surface area contributed by atoms with E-state index in [2.05, 4.69) is 0 Å². The number of alkyl halides is 1. The first-order valence-corrected chi connectivity index (χ1v) is 4.16. The van der Waals surface area contributed by atoms with E-state index in [0.717, 1.165) is 0 Å². The van der Waals surface area contributed by atoms with Crippen molar-refractivity contribution in [3.63, 3.8) is 0 Å². The molecule has 0 aromatic heterocycles. The van der Waals surface area contributed by atoms with Crippen molar-refractivity contribution < 1.29 is 9.53 Å². The molecule has 1 aliphatic rings. The van der Waals surface area contributed by atoms with Crippen LogP contribution in [0.4, 0.5) is 4.79 Å². The van der Waals surface area contributed by atoms with Gasteiger partial charge in [0.1, 0.15) is 6.10 Å². The Labute approximate surface area is 71.3 Å². The fourth-order valence-electron chi connectivity index (χ4n) is 0.997. The fourth-order valence-corrected chi connectivity index (χ4v) is 1.20. The SMILES string of the molecule is CC(CCl)C1CN(C)C(=O)O1. The average Bonchev–Trinajstić information content (AvgIpc) is 2.31.